The lowest BCUT2D eigenvalue weighted by Gasteiger charge is -2.36. The number of fused-ring (bicyclic) bond motifs is 3. The van der Waals surface area contributed by atoms with Crippen LogP contribution in [0.15, 0.2) is 24.3 Å². The van der Waals surface area contributed by atoms with Crippen LogP contribution in [0.2, 0.25) is 5.02 Å². The molecule has 1 saturated heterocycles. The molecule has 32 heavy (non-hydrogen) atoms. The molecule has 1 fully saturated rings. The van der Waals surface area contributed by atoms with Gasteiger partial charge >= 0.3 is 0 Å². The number of benzene rings is 1. The topological polar surface area (TPSA) is 80.5 Å². The molecular weight excluding hydrogens is 464 g/mol. The summed E-state index contributed by atoms with van der Waals surface area (Å²) in [7, 11) is 0. The maximum Gasteiger partial charge on any atom is 0.267 e. The number of para-hydroxylation sites is 1. The Morgan fingerprint density at radius 2 is 2.00 bits per heavy atom. The predicted octanol–water partition coefficient (Wildman–Crippen LogP) is 5.19. The van der Waals surface area contributed by atoms with Gasteiger partial charge in [0.05, 0.1) is 29.6 Å². The lowest BCUT2D eigenvalue weighted by atomic mass is 9.94. The second kappa shape index (κ2) is 8.41. The Morgan fingerprint density at radius 3 is 2.75 bits per heavy atom. The molecule has 5 rings (SSSR count). The van der Waals surface area contributed by atoms with Crippen molar-refractivity contribution >= 4 is 68.0 Å². The average molecular weight is 489 g/mol. The molecule has 0 atom stereocenters. The number of morpholine rings is 1. The van der Waals surface area contributed by atoms with Crippen LogP contribution in [-0.4, -0.2) is 41.9 Å². The lowest BCUT2D eigenvalue weighted by Crippen LogP contribution is -2.38. The Morgan fingerprint density at radius 1 is 1.25 bits per heavy atom. The number of pyridine rings is 1. The standard InChI is InChI=1S/C23H25ClN4O2S2/c1-23(2)11-13-14(12-31-23)20(28-7-9-30-10-8-28)27-22-17(13)18(25)19(32-22)21(29)26-16-6-4-3-5-15(16)24/h3-6H,7-12,25H2,1-2H3,(H,26,29). The first-order valence-corrected chi connectivity index (χ1v) is 12.8. The number of nitrogen functional groups attached to an aromatic ring is 1. The highest BCUT2D eigenvalue weighted by Gasteiger charge is 2.33. The molecule has 3 N–H and O–H groups in total. The molecule has 2 aliphatic rings. The third-order valence-electron chi connectivity index (χ3n) is 5.92. The van der Waals surface area contributed by atoms with Gasteiger partial charge in [-0.15, -0.1) is 11.3 Å². The van der Waals surface area contributed by atoms with Crippen LogP contribution in [0.3, 0.4) is 0 Å². The first kappa shape index (κ1) is 21.8. The van der Waals surface area contributed by atoms with E-state index in [1.807, 2.05) is 23.9 Å². The second-order valence-electron chi connectivity index (χ2n) is 8.68. The molecule has 2 aromatic heterocycles. The van der Waals surface area contributed by atoms with Crippen LogP contribution >= 0.6 is 34.7 Å². The summed E-state index contributed by atoms with van der Waals surface area (Å²) in [4.78, 5) is 21.8. The van der Waals surface area contributed by atoms with E-state index in [1.165, 1.54) is 22.5 Å². The number of hydrogen-bond donors (Lipinski definition) is 2. The second-order valence-corrected chi connectivity index (χ2v) is 11.8. The third-order valence-corrected chi connectivity index (χ3v) is 8.71. The van der Waals surface area contributed by atoms with Crippen molar-refractivity contribution in [3.63, 3.8) is 0 Å². The molecule has 0 aliphatic carbocycles. The van der Waals surface area contributed by atoms with Crippen molar-refractivity contribution in [3.8, 4) is 0 Å². The number of halogens is 1. The number of carbonyl (C=O) groups excluding carboxylic acids is 1. The largest absolute Gasteiger partial charge is 0.397 e. The van der Waals surface area contributed by atoms with E-state index in [-0.39, 0.29) is 10.7 Å². The molecule has 9 heteroatoms. The van der Waals surface area contributed by atoms with Crippen molar-refractivity contribution in [2.24, 2.45) is 0 Å². The van der Waals surface area contributed by atoms with Gasteiger partial charge in [-0.25, -0.2) is 4.98 Å². The van der Waals surface area contributed by atoms with Crippen LogP contribution < -0.4 is 16.0 Å². The highest BCUT2D eigenvalue weighted by molar-refractivity contribution is 7.99. The number of carbonyl (C=O) groups is 1. The summed E-state index contributed by atoms with van der Waals surface area (Å²) in [6, 6.07) is 7.19. The smallest absolute Gasteiger partial charge is 0.267 e. The van der Waals surface area contributed by atoms with Gasteiger partial charge in [-0.1, -0.05) is 37.6 Å². The van der Waals surface area contributed by atoms with Gasteiger partial charge in [-0.05, 0) is 24.1 Å². The maximum atomic E-state index is 13.1. The van der Waals surface area contributed by atoms with E-state index in [9.17, 15) is 4.79 Å². The van der Waals surface area contributed by atoms with Gasteiger partial charge in [-0.3, -0.25) is 4.79 Å². The molecule has 0 bridgehead atoms. The zero-order chi connectivity index (χ0) is 22.5. The number of rotatable bonds is 3. The van der Waals surface area contributed by atoms with Crippen LogP contribution in [0.4, 0.5) is 17.2 Å². The molecule has 1 aromatic carbocycles. The summed E-state index contributed by atoms with van der Waals surface area (Å²) < 4.78 is 5.65. The average Bonchev–Trinajstić information content (AvgIpc) is 3.11. The van der Waals surface area contributed by atoms with Crippen molar-refractivity contribution < 1.29 is 9.53 Å². The van der Waals surface area contributed by atoms with E-state index in [0.29, 0.717) is 34.5 Å². The highest BCUT2D eigenvalue weighted by atomic mass is 35.5. The van der Waals surface area contributed by atoms with Crippen molar-refractivity contribution in [2.45, 2.75) is 30.8 Å². The number of anilines is 3. The minimum Gasteiger partial charge on any atom is -0.397 e. The fourth-order valence-corrected chi connectivity index (χ4v) is 6.57. The molecule has 0 radical (unpaired) electrons. The molecule has 6 nitrogen and oxygen atoms in total. The van der Waals surface area contributed by atoms with Gasteiger partial charge in [0.2, 0.25) is 0 Å². The van der Waals surface area contributed by atoms with Crippen LogP contribution in [0.1, 0.15) is 34.6 Å². The molecule has 0 spiro atoms. The van der Waals surface area contributed by atoms with Gasteiger partial charge in [0.1, 0.15) is 15.5 Å². The van der Waals surface area contributed by atoms with Gasteiger partial charge in [0.25, 0.3) is 5.91 Å². The lowest BCUT2D eigenvalue weighted by molar-refractivity contribution is 0.103. The summed E-state index contributed by atoms with van der Waals surface area (Å²) in [6.45, 7) is 7.56. The maximum absolute atomic E-state index is 13.1. The third kappa shape index (κ3) is 3.94. The van der Waals surface area contributed by atoms with E-state index in [2.05, 4.69) is 24.1 Å². The van der Waals surface area contributed by atoms with Gasteiger partial charge < -0.3 is 20.7 Å². The summed E-state index contributed by atoms with van der Waals surface area (Å²) in [5.41, 5.74) is 10.2. The number of ether oxygens (including phenoxy) is 1. The van der Waals surface area contributed by atoms with E-state index >= 15 is 0 Å². The van der Waals surface area contributed by atoms with Crippen LogP contribution in [-0.2, 0) is 16.9 Å². The fourth-order valence-electron chi connectivity index (χ4n) is 4.29. The van der Waals surface area contributed by atoms with Crippen LogP contribution in [0, 0.1) is 0 Å². The Bertz CT molecular complexity index is 1200. The quantitative estimate of drug-likeness (QED) is 0.528. The van der Waals surface area contributed by atoms with Crippen molar-refractivity contribution in [2.75, 3.05) is 42.3 Å². The van der Waals surface area contributed by atoms with Gasteiger partial charge in [0.15, 0.2) is 0 Å². The number of nitrogens with zero attached hydrogens (tertiary/aromatic N) is 2. The summed E-state index contributed by atoms with van der Waals surface area (Å²) >= 11 is 9.53. The van der Waals surface area contributed by atoms with Crippen molar-refractivity contribution in [3.05, 3.63) is 45.3 Å². The van der Waals surface area contributed by atoms with Gasteiger partial charge in [-0.2, -0.15) is 11.8 Å². The number of nitrogens with two attached hydrogens (primary N) is 1. The van der Waals surface area contributed by atoms with Crippen LogP contribution in [0.5, 0.6) is 0 Å². The number of thioether (sulfide) groups is 1. The predicted molar refractivity (Wildman–Crippen MR) is 136 cm³/mol. The number of nitrogens with one attached hydrogen (secondary N) is 1. The first-order valence-electron chi connectivity index (χ1n) is 10.6. The normalized spacial score (nSPS) is 17.9. The highest BCUT2D eigenvalue weighted by Crippen LogP contribution is 2.47. The molecular formula is C23H25ClN4O2S2. The number of hydrogen-bond acceptors (Lipinski definition) is 7. The van der Waals surface area contributed by atoms with E-state index in [4.69, 9.17) is 27.1 Å². The Kier molecular flexibility index (Phi) is 5.73. The van der Waals surface area contributed by atoms with E-state index in [1.54, 1.807) is 12.1 Å². The molecule has 0 saturated carbocycles. The minimum atomic E-state index is -0.260. The molecule has 0 unspecified atom stereocenters. The number of amides is 1. The van der Waals surface area contributed by atoms with Crippen molar-refractivity contribution in [1.82, 2.24) is 4.98 Å². The first-order chi connectivity index (χ1) is 15.3. The van der Waals surface area contributed by atoms with E-state index < -0.39 is 0 Å². The Balaban J connectivity index is 1.62. The van der Waals surface area contributed by atoms with Crippen LogP contribution in [0.25, 0.3) is 10.2 Å². The fraction of sp³-hybridized carbons (Fsp3) is 0.391. The Hall–Kier alpha value is -2.00. The molecule has 2 aliphatic heterocycles. The Labute approximate surface area is 200 Å². The zero-order valence-electron chi connectivity index (χ0n) is 18.0. The van der Waals surface area contributed by atoms with E-state index in [0.717, 1.165) is 41.3 Å². The number of aromatic nitrogens is 1. The SMILES string of the molecule is CC1(C)Cc2c(c(N3CCOCC3)nc3sc(C(=O)Nc4ccccc4Cl)c(N)c23)CS1. The van der Waals surface area contributed by atoms with Gasteiger partial charge in [0, 0.05) is 34.5 Å². The summed E-state index contributed by atoms with van der Waals surface area (Å²) in [5, 5.41) is 4.32. The molecule has 1 amide bonds. The monoisotopic (exact) mass is 488 g/mol. The summed E-state index contributed by atoms with van der Waals surface area (Å²) in [6.07, 6.45) is 0.885. The molecule has 4 heterocycles. The molecule has 3 aromatic rings. The van der Waals surface area contributed by atoms with Crippen molar-refractivity contribution in [1.29, 1.82) is 0 Å². The molecule has 168 valence electrons. The zero-order valence-corrected chi connectivity index (χ0v) is 20.4. The summed E-state index contributed by atoms with van der Waals surface area (Å²) in [5.74, 6) is 1.64. The minimum absolute atomic E-state index is 0.0952. The number of thiophene rings is 1.